The number of aliphatic hydroxyl groups is 1. The van der Waals surface area contributed by atoms with Crippen LogP contribution < -0.4 is 15.4 Å². The predicted octanol–water partition coefficient (Wildman–Crippen LogP) is 3.51. The lowest BCUT2D eigenvalue weighted by Crippen LogP contribution is -2.72. The van der Waals surface area contributed by atoms with Gasteiger partial charge >= 0.3 is 12.2 Å². The molecule has 1 saturated heterocycles. The number of methoxy groups -OCH3 is 1. The van der Waals surface area contributed by atoms with E-state index < -0.39 is 35.7 Å². The fourth-order valence-corrected chi connectivity index (χ4v) is 4.12. The van der Waals surface area contributed by atoms with Gasteiger partial charge in [-0.05, 0) is 17.5 Å². The molecule has 3 rings (SSSR count). The number of urea groups is 1. The van der Waals surface area contributed by atoms with Crippen molar-refractivity contribution in [1.82, 2.24) is 10.6 Å². The van der Waals surface area contributed by atoms with Gasteiger partial charge < -0.3 is 20.5 Å². The Morgan fingerprint density at radius 3 is 2.61 bits per heavy atom. The van der Waals surface area contributed by atoms with E-state index in [2.05, 4.69) is 5.32 Å². The minimum atomic E-state index is -5.33. The van der Waals surface area contributed by atoms with Crippen LogP contribution in [-0.2, 0) is 0 Å². The molecule has 2 amide bonds. The van der Waals surface area contributed by atoms with Crippen molar-refractivity contribution in [2.24, 2.45) is 5.92 Å². The standard InChI is InChI=1S/C17H14ClF3N2O4S/c1-27-14-8(4-2-5-9(14)18)12-11(13(24)10-6-3-7-28-10)16(26,17(19,20)21)23-15(25)22-12/h2-7,11-12,26H,1H3,(H2,22,23,25)/t11-,12+,16+/m1/s1. The van der Waals surface area contributed by atoms with Gasteiger partial charge in [0.2, 0.25) is 5.72 Å². The second-order valence-electron chi connectivity index (χ2n) is 6.02. The van der Waals surface area contributed by atoms with Gasteiger partial charge in [-0.3, -0.25) is 4.79 Å². The maximum absolute atomic E-state index is 13.8. The summed E-state index contributed by atoms with van der Waals surface area (Å²) < 4.78 is 46.6. The number of halogens is 4. The number of thiophene rings is 1. The first-order chi connectivity index (χ1) is 13.1. The number of para-hydroxylation sites is 1. The summed E-state index contributed by atoms with van der Waals surface area (Å²) in [7, 11) is 1.25. The average Bonchev–Trinajstić information content (AvgIpc) is 3.14. The van der Waals surface area contributed by atoms with Gasteiger partial charge in [-0.25, -0.2) is 4.79 Å². The Balaban J connectivity index is 2.22. The molecule has 1 fully saturated rings. The number of carbonyl (C=O) groups excluding carboxylic acids is 2. The summed E-state index contributed by atoms with van der Waals surface area (Å²) in [5.74, 6) is -3.13. The van der Waals surface area contributed by atoms with Crippen LogP contribution in [0.4, 0.5) is 18.0 Å². The number of carbonyl (C=O) groups is 2. The SMILES string of the molecule is COc1c(Cl)cccc1[C@@H]1NC(=O)N[C@@](O)(C(F)(F)F)[C@H]1C(=O)c1cccs1. The summed E-state index contributed by atoms with van der Waals surface area (Å²) >= 11 is 6.97. The number of hydrogen-bond donors (Lipinski definition) is 3. The highest BCUT2D eigenvalue weighted by Crippen LogP contribution is 2.46. The summed E-state index contributed by atoms with van der Waals surface area (Å²) in [5.41, 5.74) is -3.77. The molecule has 2 aromatic rings. The lowest BCUT2D eigenvalue weighted by Gasteiger charge is -2.45. The van der Waals surface area contributed by atoms with Crippen LogP contribution in [0.25, 0.3) is 0 Å². The smallest absolute Gasteiger partial charge is 0.437 e. The first-order valence-corrected chi connectivity index (χ1v) is 9.13. The lowest BCUT2D eigenvalue weighted by molar-refractivity contribution is -0.287. The normalized spacial score (nSPS) is 25.0. The second-order valence-corrected chi connectivity index (χ2v) is 7.38. The quantitative estimate of drug-likeness (QED) is 0.643. The number of nitrogens with one attached hydrogen (secondary N) is 2. The van der Waals surface area contributed by atoms with Crippen molar-refractivity contribution < 1.29 is 32.6 Å². The van der Waals surface area contributed by atoms with Crippen molar-refractivity contribution in [3.63, 3.8) is 0 Å². The Bertz CT molecular complexity index is 906. The molecule has 0 radical (unpaired) electrons. The topological polar surface area (TPSA) is 87.7 Å². The molecular formula is C17H14ClF3N2O4S. The van der Waals surface area contributed by atoms with Crippen LogP contribution in [0.2, 0.25) is 5.02 Å². The maximum Gasteiger partial charge on any atom is 0.437 e. The van der Waals surface area contributed by atoms with E-state index in [9.17, 15) is 27.9 Å². The molecule has 2 heterocycles. The first kappa shape index (κ1) is 20.4. The van der Waals surface area contributed by atoms with Gasteiger partial charge in [-0.1, -0.05) is 29.8 Å². The summed E-state index contributed by atoms with van der Waals surface area (Å²) in [6.45, 7) is 0. The molecule has 0 bridgehead atoms. The molecule has 0 spiro atoms. The third-order valence-corrected chi connectivity index (χ3v) is 5.57. The van der Waals surface area contributed by atoms with Gasteiger partial charge in [0.1, 0.15) is 11.7 Å². The summed E-state index contributed by atoms with van der Waals surface area (Å²) in [5, 5.41) is 15.8. The van der Waals surface area contributed by atoms with Gasteiger partial charge in [0.15, 0.2) is 5.78 Å². The fourth-order valence-electron chi connectivity index (χ4n) is 3.16. The highest BCUT2D eigenvalue weighted by atomic mass is 35.5. The van der Waals surface area contributed by atoms with E-state index >= 15 is 0 Å². The number of ketones is 1. The molecule has 6 nitrogen and oxygen atoms in total. The van der Waals surface area contributed by atoms with Crippen molar-refractivity contribution in [1.29, 1.82) is 0 Å². The maximum atomic E-state index is 13.8. The Kier molecular flexibility index (Phi) is 5.30. The Hall–Kier alpha value is -2.30. The van der Waals surface area contributed by atoms with Crippen LogP contribution in [0.1, 0.15) is 21.3 Å². The monoisotopic (exact) mass is 434 g/mol. The molecule has 1 aromatic carbocycles. The molecule has 3 atom stereocenters. The number of ether oxygens (including phenoxy) is 1. The zero-order valence-corrected chi connectivity index (χ0v) is 15.8. The molecule has 1 aromatic heterocycles. The minimum Gasteiger partial charge on any atom is -0.495 e. The Morgan fingerprint density at radius 2 is 2.04 bits per heavy atom. The lowest BCUT2D eigenvalue weighted by atomic mass is 9.78. The number of rotatable bonds is 4. The van der Waals surface area contributed by atoms with Crippen LogP contribution in [0.15, 0.2) is 35.7 Å². The van der Waals surface area contributed by atoms with Crippen molar-refractivity contribution in [3.05, 3.63) is 51.2 Å². The third kappa shape index (κ3) is 3.31. The highest BCUT2D eigenvalue weighted by molar-refractivity contribution is 7.12. The molecule has 1 aliphatic rings. The fraction of sp³-hybridized carbons (Fsp3) is 0.294. The van der Waals surface area contributed by atoms with Gasteiger partial charge in [0.05, 0.1) is 23.1 Å². The molecule has 0 unspecified atom stereocenters. The molecule has 0 aliphatic carbocycles. The second kappa shape index (κ2) is 7.26. The number of alkyl halides is 3. The van der Waals surface area contributed by atoms with Crippen molar-refractivity contribution in [2.45, 2.75) is 17.9 Å². The molecule has 0 saturated carbocycles. The summed E-state index contributed by atoms with van der Waals surface area (Å²) in [6.07, 6.45) is -5.33. The zero-order chi connectivity index (χ0) is 20.7. The largest absolute Gasteiger partial charge is 0.495 e. The van der Waals surface area contributed by atoms with Gasteiger partial charge in [-0.2, -0.15) is 13.2 Å². The molecule has 150 valence electrons. The van der Waals surface area contributed by atoms with Gasteiger partial charge in [-0.15, -0.1) is 11.3 Å². The Labute approximate surface area is 166 Å². The molecule has 11 heteroatoms. The van der Waals surface area contributed by atoms with E-state index in [4.69, 9.17) is 16.3 Å². The average molecular weight is 435 g/mol. The zero-order valence-electron chi connectivity index (χ0n) is 14.2. The van der Waals surface area contributed by atoms with Crippen LogP contribution in [0.3, 0.4) is 0 Å². The number of benzene rings is 1. The predicted molar refractivity (Wildman–Crippen MR) is 95.6 cm³/mol. The first-order valence-electron chi connectivity index (χ1n) is 7.88. The van der Waals surface area contributed by atoms with E-state index in [0.717, 1.165) is 11.3 Å². The van der Waals surface area contributed by atoms with Crippen LogP contribution >= 0.6 is 22.9 Å². The molecular weight excluding hydrogens is 421 g/mol. The molecule has 1 aliphatic heterocycles. The van der Waals surface area contributed by atoms with E-state index in [0.29, 0.717) is 0 Å². The van der Waals surface area contributed by atoms with Crippen molar-refractivity contribution in [3.8, 4) is 5.75 Å². The van der Waals surface area contributed by atoms with Gasteiger partial charge in [0, 0.05) is 5.56 Å². The molecule has 3 N–H and O–H groups in total. The van der Waals surface area contributed by atoms with Crippen LogP contribution in [0.5, 0.6) is 5.75 Å². The number of Topliss-reactive ketones (excluding diaryl/α,β-unsaturated/α-hetero) is 1. The van der Waals surface area contributed by atoms with Crippen LogP contribution in [-0.4, -0.2) is 35.9 Å². The van der Waals surface area contributed by atoms with Crippen LogP contribution in [0, 0.1) is 5.92 Å². The van der Waals surface area contributed by atoms with E-state index in [-0.39, 0.29) is 21.2 Å². The van der Waals surface area contributed by atoms with E-state index in [1.54, 1.807) is 0 Å². The number of amides is 2. The van der Waals surface area contributed by atoms with E-state index in [1.165, 1.54) is 48.1 Å². The summed E-state index contributed by atoms with van der Waals surface area (Å²) in [6, 6.07) is 4.24. The number of hydrogen-bond acceptors (Lipinski definition) is 5. The summed E-state index contributed by atoms with van der Waals surface area (Å²) in [4.78, 5) is 25.0. The third-order valence-electron chi connectivity index (χ3n) is 4.39. The van der Waals surface area contributed by atoms with Crippen molar-refractivity contribution in [2.75, 3.05) is 7.11 Å². The Morgan fingerprint density at radius 1 is 1.32 bits per heavy atom. The highest BCUT2D eigenvalue weighted by Gasteiger charge is 2.66. The minimum absolute atomic E-state index is 0.00313. The molecule has 28 heavy (non-hydrogen) atoms. The van der Waals surface area contributed by atoms with E-state index in [1.807, 2.05) is 0 Å². The van der Waals surface area contributed by atoms with Gasteiger partial charge in [0.25, 0.3) is 0 Å². The van der Waals surface area contributed by atoms with Crippen molar-refractivity contribution >= 4 is 34.8 Å².